The largest absolute Gasteiger partial charge is 0.339 e. The third-order valence-corrected chi connectivity index (χ3v) is 4.63. The molecule has 0 aliphatic carbocycles. The maximum absolute atomic E-state index is 12.4. The molecule has 0 atom stereocenters. The first-order chi connectivity index (χ1) is 12.3. The first-order valence-electron chi connectivity index (χ1n) is 8.70. The van der Waals surface area contributed by atoms with Gasteiger partial charge in [-0.05, 0) is 6.92 Å². The van der Waals surface area contributed by atoms with Gasteiger partial charge in [0.05, 0.1) is 0 Å². The highest BCUT2D eigenvalue weighted by atomic mass is 16.2. The van der Waals surface area contributed by atoms with Crippen molar-refractivity contribution < 1.29 is 4.79 Å². The minimum atomic E-state index is -0.493. The van der Waals surface area contributed by atoms with E-state index >= 15 is 0 Å². The zero-order valence-corrected chi connectivity index (χ0v) is 15.4. The van der Waals surface area contributed by atoms with E-state index in [2.05, 4.69) is 16.5 Å². The van der Waals surface area contributed by atoms with Gasteiger partial charge in [-0.2, -0.15) is 4.98 Å². The van der Waals surface area contributed by atoms with E-state index < -0.39 is 11.2 Å². The number of rotatable bonds is 4. The lowest BCUT2D eigenvalue weighted by Gasteiger charge is -2.35. The Kier molecular flexibility index (Phi) is 4.71. The predicted octanol–water partition coefficient (Wildman–Crippen LogP) is 0.0580. The number of fused-ring (bicyclic) bond motifs is 1. The molecule has 9 heteroatoms. The molecule has 1 saturated heterocycles. The highest BCUT2D eigenvalue weighted by Crippen LogP contribution is 2.22. The maximum atomic E-state index is 12.4. The molecule has 1 N–H and O–H groups in total. The normalized spacial score (nSPS) is 14.9. The van der Waals surface area contributed by atoms with E-state index in [1.165, 1.54) is 4.57 Å². The fourth-order valence-corrected chi connectivity index (χ4v) is 3.26. The van der Waals surface area contributed by atoms with Crippen molar-refractivity contribution in [1.82, 2.24) is 24.0 Å². The summed E-state index contributed by atoms with van der Waals surface area (Å²) in [6.45, 7) is 10.6. The van der Waals surface area contributed by atoms with Crippen LogP contribution in [0, 0.1) is 0 Å². The number of amides is 1. The molecule has 26 heavy (non-hydrogen) atoms. The van der Waals surface area contributed by atoms with Crippen LogP contribution in [0.2, 0.25) is 0 Å². The molecule has 1 amide bonds. The van der Waals surface area contributed by atoms with Crippen LogP contribution >= 0.6 is 0 Å². The minimum Gasteiger partial charge on any atom is -0.339 e. The molecule has 1 fully saturated rings. The molecule has 1 aliphatic heterocycles. The molecule has 140 valence electrons. The maximum Gasteiger partial charge on any atom is 0.329 e. The van der Waals surface area contributed by atoms with E-state index in [1.54, 1.807) is 11.6 Å². The van der Waals surface area contributed by atoms with Crippen LogP contribution in [0.3, 0.4) is 0 Å². The molecule has 0 unspecified atom stereocenters. The number of hydrogen-bond acceptors (Lipinski definition) is 5. The molecule has 0 saturated carbocycles. The molecule has 1 aliphatic rings. The van der Waals surface area contributed by atoms with Crippen molar-refractivity contribution >= 4 is 23.0 Å². The highest BCUT2D eigenvalue weighted by molar-refractivity contribution is 5.77. The number of nitrogens with zero attached hydrogens (tertiary/aromatic N) is 5. The van der Waals surface area contributed by atoms with Gasteiger partial charge in [0, 0.05) is 46.2 Å². The fraction of sp³-hybridized carbons (Fsp3) is 0.529. The molecule has 3 rings (SSSR count). The number of anilines is 1. The number of H-pyrrole nitrogens is 1. The van der Waals surface area contributed by atoms with Crippen molar-refractivity contribution in [3.63, 3.8) is 0 Å². The Balaban J connectivity index is 2.06. The van der Waals surface area contributed by atoms with Gasteiger partial charge in [0.1, 0.15) is 0 Å². The van der Waals surface area contributed by atoms with Gasteiger partial charge in [-0.15, -0.1) is 0 Å². The summed E-state index contributed by atoms with van der Waals surface area (Å²) in [7, 11) is 1.58. The lowest BCUT2D eigenvalue weighted by molar-refractivity contribution is -0.131. The minimum absolute atomic E-state index is 0.138. The second-order valence-electron chi connectivity index (χ2n) is 6.67. The molecule has 0 aromatic carbocycles. The molecule has 0 radical (unpaired) electrons. The number of nitrogens with one attached hydrogen (secondary N) is 1. The smallest absolute Gasteiger partial charge is 0.329 e. The third-order valence-electron chi connectivity index (χ3n) is 4.63. The van der Waals surface area contributed by atoms with Crippen LogP contribution in [0.15, 0.2) is 21.7 Å². The van der Waals surface area contributed by atoms with Gasteiger partial charge < -0.3 is 14.4 Å². The average molecular weight is 360 g/mol. The Bertz CT molecular complexity index is 975. The molecule has 9 nitrogen and oxygen atoms in total. The van der Waals surface area contributed by atoms with Crippen molar-refractivity contribution in [3.8, 4) is 0 Å². The van der Waals surface area contributed by atoms with Gasteiger partial charge in [-0.25, -0.2) is 4.79 Å². The average Bonchev–Trinajstić information content (AvgIpc) is 2.98. The summed E-state index contributed by atoms with van der Waals surface area (Å²) in [5.74, 6) is 0.761. The summed E-state index contributed by atoms with van der Waals surface area (Å²) in [4.78, 5) is 47.0. The van der Waals surface area contributed by atoms with Crippen LogP contribution in [0.1, 0.15) is 20.3 Å². The quantitative estimate of drug-likeness (QED) is 0.778. The lowest BCUT2D eigenvalue weighted by Crippen LogP contribution is -2.49. The number of piperazine rings is 1. The number of imidazole rings is 1. The topological polar surface area (TPSA) is 96.2 Å². The molecule has 2 aromatic heterocycles. The van der Waals surface area contributed by atoms with Crippen LogP contribution < -0.4 is 16.1 Å². The Morgan fingerprint density at radius 2 is 1.88 bits per heavy atom. The fourth-order valence-electron chi connectivity index (χ4n) is 3.26. The van der Waals surface area contributed by atoms with Gasteiger partial charge in [-0.3, -0.25) is 19.1 Å². The van der Waals surface area contributed by atoms with Gasteiger partial charge in [0.15, 0.2) is 11.2 Å². The van der Waals surface area contributed by atoms with Crippen molar-refractivity contribution in [2.24, 2.45) is 7.05 Å². The predicted molar refractivity (Wildman–Crippen MR) is 99.5 cm³/mol. The third kappa shape index (κ3) is 3.04. The summed E-state index contributed by atoms with van der Waals surface area (Å²) in [5.41, 5.74) is 0.633. The molecule has 3 heterocycles. The first-order valence-corrected chi connectivity index (χ1v) is 8.70. The van der Waals surface area contributed by atoms with Gasteiger partial charge in [0.2, 0.25) is 11.9 Å². The van der Waals surface area contributed by atoms with Crippen LogP contribution in [-0.4, -0.2) is 56.1 Å². The van der Waals surface area contributed by atoms with Crippen LogP contribution in [0.4, 0.5) is 5.95 Å². The molecule has 2 aromatic rings. The summed E-state index contributed by atoms with van der Waals surface area (Å²) in [6, 6.07) is 0. The van der Waals surface area contributed by atoms with Gasteiger partial charge in [-0.1, -0.05) is 19.1 Å². The summed E-state index contributed by atoms with van der Waals surface area (Å²) in [6.07, 6.45) is 0.492. The monoisotopic (exact) mass is 360 g/mol. The van der Waals surface area contributed by atoms with E-state index in [-0.39, 0.29) is 5.91 Å². The Hall–Kier alpha value is -2.84. The standard InChI is InChI=1S/C17H24N6O3/c1-5-12(24)21-6-8-22(9-7-21)16-18-14-13(23(16)10-11(2)3)15(25)19-17(26)20(14)4/h2,5-10H2,1,3-4H3,(H,19,25,26). The number of aryl methyl sites for hydroxylation is 1. The second-order valence-corrected chi connectivity index (χ2v) is 6.67. The Morgan fingerprint density at radius 1 is 1.23 bits per heavy atom. The molecule has 0 spiro atoms. The highest BCUT2D eigenvalue weighted by Gasteiger charge is 2.26. The molecular weight excluding hydrogens is 336 g/mol. The van der Waals surface area contributed by atoms with Crippen molar-refractivity contribution in [2.45, 2.75) is 26.8 Å². The van der Waals surface area contributed by atoms with E-state index in [4.69, 9.17) is 0 Å². The summed E-state index contributed by atoms with van der Waals surface area (Å²) >= 11 is 0. The Labute approximate surface area is 150 Å². The van der Waals surface area contributed by atoms with Crippen molar-refractivity contribution in [1.29, 1.82) is 0 Å². The molecular formula is C17H24N6O3. The van der Waals surface area contributed by atoms with E-state index in [9.17, 15) is 14.4 Å². The first kappa shape index (κ1) is 18.0. The lowest BCUT2D eigenvalue weighted by atomic mass is 10.3. The summed E-state index contributed by atoms with van der Waals surface area (Å²) < 4.78 is 3.14. The van der Waals surface area contributed by atoms with E-state index in [0.29, 0.717) is 56.3 Å². The van der Waals surface area contributed by atoms with Crippen LogP contribution in [0.5, 0.6) is 0 Å². The SMILES string of the molecule is C=C(C)Cn1c(N2CCN(C(=O)CC)CC2)nc2c1c(=O)[nH]c(=O)n2C. The number of carbonyl (C=O) groups is 1. The van der Waals surface area contributed by atoms with E-state index in [0.717, 1.165) is 5.57 Å². The van der Waals surface area contributed by atoms with Gasteiger partial charge in [0.25, 0.3) is 5.56 Å². The zero-order chi connectivity index (χ0) is 19.0. The number of hydrogen-bond donors (Lipinski definition) is 1. The summed E-state index contributed by atoms with van der Waals surface area (Å²) in [5, 5.41) is 0. The van der Waals surface area contributed by atoms with Crippen LogP contribution in [0.25, 0.3) is 11.2 Å². The second kappa shape index (κ2) is 6.81. The molecule has 0 bridgehead atoms. The number of aromatic amines is 1. The zero-order valence-electron chi connectivity index (χ0n) is 15.4. The van der Waals surface area contributed by atoms with Crippen LogP contribution in [-0.2, 0) is 18.4 Å². The number of carbonyl (C=O) groups excluding carboxylic acids is 1. The van der Waals surface area contributed by atoms with Gasteiger partial charge >= 0.3 is 5.69 Å². The van der Waals surface area contributed by atoms with E-state index in [1.807, 2.05) is 23.6 Å². The Morgan fingerprint density at radius 3 is 2.46 bits per heavy atom. The number of allylic oxidation sites excluding steroid dienone is 1. The van der Waals surface area contributed by atoms with Crippen molar-refractivity contribution in [3.05, 3.63) is 33.0 Å². The number of aromatic nitrogens is 4. The van der Waals surface area contributed by atoms with Crippen molar-refractivity contribution in [2.75, 3.05) is 31.1 Å².